The SMILES string of the molecule is CC(Oc1ccc(N)c(C(=N)c2cc3ccccc3[nH]2)c1)c1c(Cl)cncc1Cl. The van der Waals surface area contributed by atoms with Gasteiger partial charge in [-0.2, -0.15) is 0 Å². The standard InChI is InChI=1S/C22H18Cl2N4O/c1-12(21-16(23)10-27-11-17(21)24)29-14-6-7-18(25)15(9-14)22(26)20-8-13-4-2-3-5-19(13)28-20/h2-12,26,28H,25H2,1H3. The first kappa shape index (κ1) is 19.3. The molecule has 4 aromatic rings. The number of nitrogens with zero attached hydrogens (tertiary/aromatic N) is 1. The van der Waals surface area contributed by atoms with E-state index in [-0.39, 0.29) is 5.71 Å². The van der Waals surface area contributed by atoms with Crippen LogP contribution in [0, 0.1) is 5.41 Å². The van der Waals surface area contributed by atoms with Gasteiger partial charge in [0.25, 0.3) is 0 Å². The van der Waals surface area contributed by atoms with Crippen molar-refractivity contribution in [1.82, 2.24) is 9.97 Å². The summed E-state index contributed by atoms with van der Waals surface area (Å²) in [7, 11) is 0. The lowest BCUT2D eigenvalue weighted by Crippen LogP contribution is -2.09. The molecule has 29 heavy (non-hydrogen) atoms. The Hall–Kier alpha value is -3.02. The third kappa shape index (κ3) is 3.79. The Morgan fingerprint density at radius 3 is 2.55 bits per heavy atom. The number of halogens is 2. The van der Waals surface area contributed by atoms with Gasteiger partial charge in [-0.1, -0.05) is 41.4 Å². The highest BCUT2D eigenvalue weighted by Crippen LogP contribution is 2.33. The van der Waals surface area contributed by atoms with Crippen molar-refractivity contribution in [2.75, 3.05) is 5.73 Å². The highest BCUT2D eigenvalue weighted by Gasteiger charge is 2.18. The van der Waals surface area contributed by atoms with Crippen molar-refractivity contribution in [2.24, 2.45) is 0 Å². The van der Waals surface area contributed by atoms with Crippen LogP contribution in [0.1, 0.15) is 29.8 Å². The van der Waals surface area contributed by atoms with E-state index in [2.05, 4.69) is 9.97 Å². The fraction of sp³-hybridized carbons (Fsp3) is 0.0909. The molecule has 0 radical (unpaired) electrons. The molecule has 0 aliphatic rings. The van der Waals surface area contributed by atoms with Gasteiger partial charge in [0.05, 0.1) is 21.5 Å². The number of nitrogens with one attached hydrogen (secondary N) is 2. The first-order valence-corrected chi connectivity index (χ1v) is 9.71. The second-order valence-electron chi connectivity index (χ2n) is 6.67. The molecular formula is C22H18Cl2N4O. The molecule has 2 aromatic heterocycles. The van der Waals surface area contributed by atoms with Crippen molar-refractivity contribution < 1.29 is 4.74 Å². The molecule has 0 saturated carbocycles. The van der Waals surface area contributed by atoms with Crippen LogP contribution in [-0.4, -0.2) is 15.7 Å². The third-order valence-corrected chi connectivity index (χ3v) is 5.31. The number of para-hydroxylation sites is 1. The molecule has 5 nitrogen and oxygen atoms in total. The Morgan fingerprint density at radius 1 is 1.10 bits per heavy atom. The van der Waals surface area contributed by atoms with Gasteiger partial charge in [0.2, 0.25) is 0 Å². The number of rotatable bonds is 5. The molecule has 0 saturated heterocycles. The van der Waals surface area contributed by atoms with E-state index in [1.807, 2.05) is 37.3 Å². The predicted molar refractivity (Wildman–Crippen MR) is 118 cm³/mol. The summed E-state index contributed by atoms with van der Waals surface area (Å²) in [5, 5.41) is 10.5. The zero-order valence-corrected chi connectivity index (χ0v) is 17.1. The molecule has 2 heterocycles. The minimum atomic E-state index is -0.406. The maximum atomic E-state index is 8.64. The number of hydrogen-bond acceptors (Lipinski definition) is 4. The summed E-state index contributed by atoms with van der Waals surface area (Å²) < 4.78 is 6.04. The highest BCUT2D eigenvalue weighted by molar-refractivity contribution is 6.35. The fourth-order valence-electron chi connectivity index (χ4n) is 3.25. The lowest BCUT2D eigenvalue weighted by molar-refractivity contribution is 0.227. The number of anilines is 1. The van der Waals surface area contributed by atoms with Crippen LogP contribution in [0.3, 0.4) is 0 Å². The fourth-order valence-corrected chi connectivity index (χ4v) is 3.92. The van der Waals surface area contributed by atoms with Crippen molar-refractivity contribution in [3.8, 4) is 5.75 Å². The van der Waals surface area contributed by atoms with Crippen LogP contribution in [0.15, 0.2) is 60.9 Å². The van der Waals surface area contributed by atoms with Crippen LogP contribution in [-0.2, 0) is 0 Å². The molecule has 0 fully saturated rings. The first-order chi connectivity index (χ1) is 13.9. The average Bonchev–Trinajstić information content (AvgIpc) is 3.13. The van der Waals surface area contributed by atoms with Crippen molar-refractivity contribution in [3.05, 3.63) is 87.8 Å². The molecule has 2 aromatic carbocycles. The molecule has 4 N–H and O–H groups in total. The van der Waals surface area contributed by atoms with E-state index in [9.17, 15) is 0 Å². The number of aromatic nitrogens is 2. The summed E-state index contributed by atoms with van der Waals surface area (Å²) in [6.07, 6.45) is 2.65. The summed E-state index contributed by atoms with van der Waals surface area (Å²) in [6.45, 7) is 1.85. The van der Waals surface area contributed by atoms with Gasteiger partial charge in [0.1, 0.15) is 11.9 Å². The number of fused-ring (bicyclic) bond motifs is 1. The van der Waals surface area contributed by atoms with E-state index in [4.69, 9.17) is 39.1 Å². The van der Waals surface area contributed by atoms with Crippen LogP contribution < -0.4 is 10.5 Å². The van der Waals surface area contributed by atoms with Crippen molar-refractivity contribution in [3.63, 3.8) is 0 Å². The van der Waals surface area contributed by atoms with E-state index in [0.717, 1.165) is 10.9 Å². The highest BCUT2D eigenvalue weighted by atomic mass is 35.5. The minimum absolute atomic E-state index is 0.289. The zero-order chi connectivity index (χ0) is 20.5. The van der Waals surface area contributed by atoms with Crippen LogP contribution in [0.2, 0.25) is 10.0 Å². The van der Waals surface area contributed by atoms with Crippen molar-refractivity contribution in [2.45, 2.75) is 13.0 Å². The van der Waals surface area contributed by atoms with Gasteiger partial charge in [0.15, 0.2) is 0 Å². The van der Waals surface area contributed by atoms with Crippen LogP contribution >= 0.6 is 23.2 Å². The van der Waals surface area contributed by atoms with Gasteiger partial charge in [-0.05, 0) is 37.3 Å². The van der Waals surface area contributed by atoms with Gasteiger partial charge in [0, 0.05) is 40.1 Å². The summed E-state index contributed by atoms with van der Waals surface area (Å²) in [6, 6.07) is 15.1. The number of aromatic amines is 1. The topological polar surface area (TPSA) is 87.8 Å². The number of benzene rings is 2. The normalized spacial score (nSPS) is 12.1. The Kier molecular flexibility index (Phi) is 5.18. The Bertz CT molecular complexity index is 1170. The molecule has 1 unspecified atom stereocenters. The third-order valence-electron chi connectivity index (χ3n) is 4.70. The molecule has 4 rings (SSSR count). The second-order valence-corrected chi connectivity index (χ2v) is 7.49. The monoisotopic (exact) mass is 424 g/mol. The Morgan fingerprint density at radius 2 is 1.83 bits per heavy atom. The van der Waals surface area contributed by atoms with E-state index in [1.165, 1.54) is 12.4 Å². The summed E-state index contributed by atoms with van der Waals surface area (Å²) in [5.74, 6) is 0.562. The van der Waals surface area contributed by atoms with E-state index in [1.54, 1.807) is 18.2 Å². The average molecular weight is 425 g/mol. The summed E-state index contributed by atoms with van der Waals surface area (Å²) in [5.41, 5.74) is 9.82. The van der Waals surface area contributed by atoms with Gasteiger partial charge in [-0.15, -0.1) is 0 Å². The van der Waals surface area contributed by atoms with Crippen molar-refractivity contribution in [1.29, 1.82) is 5.41 Å². The maximum Gasteiger partial charge on any atom is 0.124 e. The van der Waals surface area contributed by atoms with Crippen molar-refractivity contribution >= 4 is 45.5 Å². The number of nitrogen functional groups attached to an aromatic ring is 1. The Balaban J connectivity index is 1.64. The van der Waals surface area contributed by atoms with Crippen LogP contribution in [0.4, 0.5) is 5.69 Å². The van der Waals surface area contributed by atoms with E-state index >= 15 is 0 Å². The lowest BCUT2D eigenvalue weighted by atomic mass is 10.0. The summed E-state index contributed by atoms with van der Waals surface area (Å²) >= 11 is 12.5. The molecule has 0 bridgehead atoms. The smallest absolute Gasteiger partial charge is 0.124 e. The minimum Gasteiger partial charge on any atom is -0.486 e. The maximum absolute atomic E-state index is 8.64. The molecule has 0 amide bonds. The van der Waals surface area contributed by atoms with Gasteiger partial charge in [-0.25, -0.2) is 0 Å². The second kappa shape index (κ2) is 7.78. The number of ether oxygens (including phenoxy) is 1. The summed E-state index contributed by atoms with van der Waals surface area (Å²) in [4.78, 5) is 7.23. The quantitative estimate of drug-likeness (QED) is 0.270. The number of hydrogen-bond donors (Lipinski definition) is 3. The van der Waals surface area contributed by atoms with Gasteiger partial charge < -0.3 is 15.5 Å². The lowest BCUT2D eigenvalue weighted by Gasteiger charge is -2.18. The number of nitrogens with two attached hydrogens (primary N) is 1. The van der Waals surface area contributed by atoms with E-state index < -0.39 is 6.10 Å². The molecule has 0 aliphatic carbocycles. The molecule has 0 aliphatic heterocycles. The van der Waals surface area contributed by atoms with Crippen LogP contribution in [0.5, 0.6) is 5.75 Å². The molecule has 1 atom stereocenters. The molecule has 0 spiro atoms. The molecular weight excluding hydrogens is 407 g/mol. The van der Waals surface area contributed by atoms with Crippen LogP contribution in [0.25, 0.3) is 10.9 Å². The molecule has 7 heteroatoms. The van der Waals surface area contributed by atoms with Gasteiger partial charge >= 0.3 is 0 Å². The van der Waals surface area contributed by atoms with E-state index in [0.29, 0.717) is 38.3 Å². The number of pyridine rings is 1. The number of H-pyrrole nitrogens is 1. The Labute approximate surface area is 177 Å². The zero-order valence-electron chi connectivity index (χ0n) is 15.5. The first-order valence-electron chi connectivity index (χ1n) is 8.96. The largest absolute Gasteiger partial charge is 0.486 e. The molecule has 146 valence electrons. The van der Waals surface area contributed by atoms with Gasteiger partial charge in [-0.3, -0.25) is 10.4 Å². The predicted octanol–water partition coefficient (Wildman–Crippen LogP) is 6.01.